The van der Waals surface area contributed by atoms with Crippen molar-refractivity contribution >= 4 is 33.2 Å². The van der Waals surface area contributed by atoms with Gasteiger partial charge in [0, 0.05) is 32.7 Å². The minimum absolute atomic E-state index is 0.0913. The van der Waals surface area contributed by atoms with Crippen molar-refractivity contribution in [2.75, 3.05) is 43.4 Å². The Bertz CT molecular complexity index is 1210. The first kappa shape index (κ1) is 24.3. The number of halogens is 1. The Balaban J connectivity index is 1.22. The lowest BCUT2D eigenvalue weighted by molar-refractivity contribution is -0.120. The van der Waals surface area contributed by atoms with Gasteiger partial charge in [0.1, 0.15) is 0 Å². The number of sulfonamides is 1. The standard InChI is InChI=1S/C26H28ClN3O3S/c27-24-8-4-5-9-25(24)29-15-17-30(18-16-29)34(32,33)19-14-28-26(31)20-21-10-12-23(13-11-21)22-6-2-1-3-7-22/h1-13H,14-20H2,(H,28,31). The minimum Gasteiger partial charge on any atom is -0.368 e. The van der Waals surface area contributed by atoms with Crippen LogP contribution >= 0.6 is 11.6 Å². The third-order valence-electron chi connectivity index (χ3n) is 5.93. The molecular formula is C26H28ClN3O3S. The molecule has 3 aromatic rings. The van der Waals surface area contributed by atoms with Crippen molar-refractivity contribution in [3.63, 3.8) is 0 Å². The van der Waals surface area contributed by atoms with E-state index in [-0.39, 0.29) is 24.6 Å². The van der Waals surface area contributed by atoms with Crippen LogP contribution in [0.1, 0.15) is 5.56 Å². The Labute approximate surface area is 206 Å². The quantitative estimate of drug-likeness (QED) is 0.513. The molecule has 1 heterocycles. The molecule has 0 spiro atoms. The number of amides is 1. The molecule has 1 fully saturated rings. The third kappa shape index (κ3) is 6.17. The molecular weight excluding hydrogens is 470 g/mol. The molecule has 3 aromatic carbocycles. The summed E-state index contributed by atoms with van der Waals surface area (Å²) in [4.78, 5) is 14.4. The third-order valence-corrected chi connectivity index (χ3v) is 8.12. The highest BCUT2D eigenvalue weighted by molar-refractivity contribution is 7.89. The number of piperazine rings is 1. The van der Waals surface area contributed by atoms with Crippen LogP contribution in [0, 0.1) is 0 Å². The molecule has 0 aromatic heterocycles. The molecule has 0 saturated carbocycles. The first-order chi connectivity index (χ1) is 16.4. The Morgan fingerprint density at radius 1 is 0.824 bits per heavy atom. The summed E-state index contributed by atoms with van der Waals surface area (Å²) in [6, 6.07) is 25.4. The SMILES string of the molecule is O=C(Cc1ccc(-c2ccccc2)cc1)NCCS(=O)(=O)N1CCN(c2ccccc2Cl)CC1. The Kier molecular flexibility index (Phi) is 7.88. The highest BCUT2D eigenvalue weighted by Crippen LogP contribution is 2.26. The summed E-state index contributed by atoms with van der Waals surface area (Å²) in [6.07, 6.45) is 0.214. The second-order valence-electron chi connectivity index (χ2n) is 8.24. The Morgan fingerprint density at radius 3 is 2.12 bits per heavy atom. The number of para-hydroxylation sites is 1. The van der Waals surface area contributed by atoms with Gasteiger partial charge in [0.2, 0.25) is 15.9 Å². The number of hydrogen-bond acceptors (Lipinski definition) is 4. The molecule has 1 aliphatic rings. The maximum Gasteiger partial charge on any atom is 0.224 e. The van der Waals surface area contributed by atoms with E-state index >= 15 is 0 Å². The van der Waals surface area contributed by atoms with Crippen LogP contribution in [-0.4, -0.2) is 57.1 Å². The van der Waals surface area contributed by atoms with Gasteiger partial charge in [-0.25, -0.2) is 8.42 Å². The highest BCUT2D eigenvalue weighted by Gasteiger charge is 2.27. The first-order valence-electron chi connectivity index (χ1n) is 11.3. The zero-order valence-electron chi connectivity index (χ0n) is 18.9. The van der Waals surface area contributed by atoms with E-state index < -0.39 is 10.0 Å². The average molecular weight is 498 g/mol. The molecule has 0 aliphatic carbocycles. The zero-order chi connectivity index (χ0) is 24.0. The monoisotopic (exact) mass is 497 g/mol. The van der Waals surface area contributed by atoms with Gasteiger partial charge in [-0.05, 0) is 28.8 Å². The molecule has 0 unspecified atom stereocenters. The molecule has 1 saturated heterocycles. The number of carbonyl (C=O) groups excluding carboxylic acids is 1. The minimum atomic E-state index is -3.44. The molecule has 6 nitrogen and oxygen atoms in total. The largest absolute Gasteiger partial charge is 0.368 e. The molecule has 0 atom stereocenters. The van der Waals surface area contributed by atoms with E-state index in [0.717, 1.165) is 22.4 Å². The smallest absolute Gasteiger partial charge is 0.224 e. The van der Waals surface area contributed by atoms with Crippen LogP contribution in [0.5, 0.6) is 0 Å². The van der Waals surface area contributed by atoms with Gasteiger partial charge in [0.05, 0.1) is 22.9 Å². The summed E-state index contributed by atoms with van der Waals surface area (Å²) >= 11 is 6.26. The van der Waals surface area contributed by atoms with Crippen molar-refractivity contribution < 1.29 is 13.2 Å². The van der Waals surface area contributed by atoms with Crippen molar-refractivity contribution in [2.45, 2.75) is 6.42 Å². The van der Waals surface area contributed by atoms with E-state index in [1.807, 2.05) is 78.9 Å². The van der Waals surface area contributed by atoms with Crippen LogP contribution < -0.4 is 10.2 Å². The summed E-state index contributed by atoms with van der Waals surface area (Å²) < 4.78 is 27.0. The van der Waals surface area contributed by atoms with Crippen LogP contribution in [0.2, 0.25) is 5.02 Å². The fourth-order valence-corrected chi connectivity index (χ4v) is 5.65. The van der Waals surface area contributed by atoms with Crippen LogP contribution in [0.3, 0.4) is 0 Å². The van der Waals surface area contributed by atoms with Crippen LogP contribution in [0.25, 0.3) is 11.1 Å². The number of benzene rings is 3. The summed E-state index contributed by atoms with van der Waals surface area (Å²) in [7, 11) is -3.44. The van der Waals surface area contributed by atoms with E-state index in [2.05, 4.69) is 10.2 Å². The van der Waals surface area contributed by atoms with Gasteiger partial charge < -0.3 is 10.2 Å². The summed E-state index contributed by atoms with van der Waals surface area (Å²) in [5, 5.41) is 3.41. The van der Waals surface area contributed by atoms with E-state index in [1.165, 1.54) is 4.31 Å². The number of anilines is 1. The van der Waals surface area contributed by atoms with Gasteiger partial charge in [-0.3, -0.25) is 4.79 Å². The predicted octanol–water partition coefficient (Wildman–Crippen LogP) is 3.82. The summed E-state index contributed by atoms with van der Waals surface area (Å²) in [5.74, 6) is -0.302. The van der Waals surface area contributed by atoms with E-state index in [4.69, 9.17) is 11.6 Å². The summed E-state index contributed by atoms with van der Waals surface area (Å²) in [5.41, 5.74) is 4.02. The lowest BCUT2D eigenvalue weighted by Gasteiger charge is -2.35. The number of carbonyl (C=O) groups is 1. The molecule has 1 amide bonds. The Hall–Kier alpha value is -2.87. The molecule has 178 valence electrons. The fraction of sp³-hybridized carbons (Fsp3) is 0.269. The van der Waals surface area contributed by atoms with Gasteiger partial charge >= 0.3 is 0 Å². The van der Waals surface area contributed by atoms with Gasteiger partial charge in [-0.1, -0.05) is 78.3 Å². The number of rotatable bonds is 8. The molecule has 1 aliphatic heterocycles. The molecule has 8 heteroatoms. The van der Waals surface area contributed by atoms with E-state index in [0.29, 0.717) is 31.2 Å². The second-order valence-corrected chi connectivity index (χ2v) is 10.7. The van der Waals surface area contributed by atoms with Gasteiger partial charge in [0.25, 0.3) is 0 Å². The highest BCUT2D eigenvalue weighted by atomic mass is 35.5. The molecule has 34 heavy (non-hydrogen) atoms. The van der Waals surface area contributed by atoms with Crippen LogP contribution in [0.4, 0.5) is 5.69 Å². The topological polar surface area (TPSA) is 69.7 Å². The first-order valence-corrected chi connectivity index (χ1v) is 13.3. The summed E-state index contributed by atoms with van der Waals surface area (Å²) in [6.45, 7) is 2.04. The van der Waals surface area contributed by atoms with Gasteiger partial charge in [-0.2, -0.15) is 4.31 Å². The average Bonchev–Trinajstić information content (AvgIpc) is 2.85. The van der Waals surface area contributed by atoms with Crippen LogP contribution in [0.15, 0.2) is 78.9 Å². The maximum absolute atomic E-state index is 12.7. The van der Waals surface area contributed by atoms with Crippen molar-refractivity contribution in [2.24, 2.45) is 0 Å². The molecule has 0 bridgehead atoms. The number of nitrogens with zero attached hydrogens (tertiary/aromatic N) is 2. The van der Waals surface area contributed by atoms with Crippen molar-refractivity contribution in [1.82, 2.24) is 9.62 Å². The maximum atomic E-state index is 12.7. The predicted molar refractivity (Wildman–Crippen MR) is 138 cm³/mol. The van der Waals surface area contributed by atoms with Crippen molar-refractivity contribution in [1.29, 1.82) is 0 Å². The van der Waals surface area contributed by atoms with E-state index in [9.17, 15) is 13.2 Å². The van der Waals surface area contributed by atoms with Crippen LogP contribution in [-0.2, 0) is 21.2 Å². The molecule has 4 rings (SSSR count). The number of nitrogens with one attached hydrogen (secondary N) is 1. The van der Waals surface area contributed by atoms with Gasteiger partial charge in [0.15, 0.2) is 0 Å². The number of hydrogen-bond donors (Lipinski definition) is 1. The fourth-order valence-electron chi connectivity index (χ4n) is 4.06. The van der Waals surface area contributed by atoms with Gasteiger partial charge in [-0.15, -0.1) is 0 Å². The van der Waals surface area contributed by atoms with Crippen molar-refractivity contribution in [3.05, 3.63) is 89.4 Å². The lowest BCUT2D eigenvalue weighted by atomic mass is 10.0. The lowest BCUT2D eigenvalue weighted by Crippen LogP contribution is -2.50. The molecule has 1 N–H and O–H groups in total. The van der Waals surface area contributed by atoms with E-state index in [1.54, 1.807) is 0 Å². The molecule has 0 radical (unpaired) electrons. The van der Waals surface area contributed by atoms with Crippen molar-refractivity contribution in [3.8, 4) is 11.1 Å². The normalized spacial score (nSPS) is 14.7. The second kappa shape index (κ2) is 11.0. The zero-order valence-corrected chi connectivity index (χ0v) is 20.4. The Morgan fingerprint density at radius 2 is 1.44 bits per heavy atom.